The molecule has 122 valence electrons. The molecule has 0 saturated carbocycles. The Bertz CT molecular complexity index is 635. The Kier molecular flexibility index (Phi) is 5.41. The third kappa shape index (κ3) is 4.39. The first kappa shape index (κ1) is 16.1. The molecule has 3 rings (SSSR count). The van der Waals surface area contributed by atoms with E-state index in [1.54, 1.807) is 23.7 Å². The summed E-state index contributed by atoms with van der Waals surface area (Å²) in [7, 11) is 0. The summed E-state index contributed by atoms with van der Waals surface area (Å²) < 4.78 is 5.70. The minimum Gasteiger partial charge on any atom is -0.368 e. The standard InChI is InChI=1S/C18H22N2O2S/c1-14-5-6-16(23-14)13-20(12-15-7-9-19-10-8-15)18(21)17-4-2-3-11-22-17/h5-10,17H,2-4,11-13H2,1H3/t17-/m1/s1. The number of nitrogens with zero attached hydrogens (tertiary/aromatic N) is 2. The normalized spacial score (nSPS) is 17.9. The van der Waals surface area contributed by atoms with E-state index in [1.807, 2.05) is 17.0 Å². The number of carbonyl (C=O) groups is 1. The van der Waals surface area contributed by atoms with Crippen molar-refractivity contribution in [3.8, 4) is 0 Å². The van der Waals surface area contributed by atoms with Crippen molar-refractivity contribution >= 4 is 17.2 Å². The highest BCUT2D eigenvalue weighted by Crippen LogP contribution is 2.21. The van der Waals surface area contributed by atoms with Crippen LogP contribution in [0.1, 0.15) is 34.6 Å². The van der Waals surface area contributed by atoms with Crippen LogP contribution in [0.2, 0.25) is 0 Å². The average molecular weight is 330 g/mol. The van der Waals surface area contributed by atoms with Gasteiger partial charge in [-0.2, -0.15) is 0 Å². The van der Waals surface area contributed by atoms with Gasteiger partial charge in [-0.3, -0.25) is 9.78 Å². The van der Waals surface area contributed by atoms with Gasteiger partial charge in [-0.15, -0.1) is 11.3 Å². The molecule has 4 nitrogen and oxygen atoms in total. The molecular weight excluding hydrogens is 308 g/mol. The molecular formula is C18H22N2O2S. The highest BCUT2D eigenvalue weighted by molar-refractivity contribution is 7.11. The number of aryl methyl sites for hydroxylation is 1. The van der Waals surface area contributed by atoms with Gasteiger partial charge in [0.05, 0.1) is 6.54 Å². The van der Waals surface area contributed by atoms with E-state index in [0.717, 1.165) is 24.8 Å². The molecule has 1 saturated heterocycles. The number of aromatic nitrogens is 1. The number of amides is 1. The molecule has 2 aromatic heterocycles. The molecule has 1 aliphatic heterocycles. The fraction of sp³-hybridized carbons (Fsp3) is 0.444. The third-order valence-corrected chi connectivity index (χ3v) is 5.02. The van der Waals surface area contributed by atoms with Crippen LogP contribution in [0, 0.1) is 6.92 Å². The number of carbonyl (C=O) groups excluding carboxylic acids is 1. The molecule has 0 radical (unpaired) electrons. The van der Waals surface area contributed by atoms with Crippen molar-refractivity contribution < 1.29 is 9.53 Å². The highest BCUT2D eigenvalue weighted by Gasteiger charge is 2.27. The summed E-state index contributed by atoms with van der Waals surface area (Å²) in [5, 5.41) is 0. The lowest BCUT2D eigenvalue weighted by molar-refractivity contribution is -0.147. The van der Waals surface area contributed by atoms with E-state index in [9.17, 15) is 4.79 Å². The molecule has 0 bridgehead atoms. The molecule has 1 amide bonds. The molecule has 1 atom stereocenters. The van der Waals surface area contributed by atoms with Crippen molar-refractivity contribution in [2.45, 2.75) is 45.4 Å². The second-order valence-electron chi connectivity index (χ2n) is 5.92. The smallest absolute Gasteiger partial charge is 0.252 e. The van der Waals surface area contributed by atoms with Crippen molar-refractivity contribution in [3.63, 3.8) is 0 Å². The van der Waals surface area contributed by atoms with E-state index in [0.29, 0.717) is 19.7 Å². The number of pyridine rings is 1. The second-order valence-corrected chi connectivity index (χ2v) is 7.29. The molecule has 0 aromatic carbocycles. The largest absolute Gasteiger partial charge is 0.368 e. The van der Waals surface area contributed by atoms with Crippen LogP contribution >= 0.6 is 11.3 Å². The lowest BCUT2D eigenvalue weighted by atomic mass is 10.1. The topological polar surface area (TPSA) is 42.4 Å². The number of hydrogen-bond acceptors (Lipinski definition) is 4. The summed E-state index contributed by atoms with van der Waals surface area (Å²) >= 11 is 1.74. The zero-order valence-corrected chi connectivity index (χ0v) is 14.2. The van der Waals surface area contributed by atoms with Crippen molar-refractivity contribution in [2.75, 3.05) is 6.61 Å². The van der Waals surface area contributed by atoms with Gasteiger partial charge in [0, 0.05) is 35.3 Å². The highest BCUT2D eigenvalue weighted by atomic mass is 32.1. The van der Waals surface area contributed by atoms with Crippen LogP contribution in [-0.4, -0.2) is 28.5 Å². The van der Waals surface area contributed by atoms with Gasteiger partial charge >= 0.3 is 0 Å². The summed E-state index contributed by atoms with van der Waals surface area (Å²) in [5.41, 5.74) is 1.09. The first-order valence-electron chi connectivity index (χ1n) is 8.07. The molecule has 0 unspecified atom stereocenters. The Balaban J connectivity index is 1.75. The van der Waals surface area contributed by atoms with Crippen LogP contribution < -0.4 is 0 Å². The molecule has 0 aliphatic carbocycles. The first-order valence-corrected chi connectivity index (χ1v) is 8.88. The fourth-order valence-corrected chi connectivity index (χ4v) is 3.72. The Morgan fingerprint density at radius 2 is 2.09 bits per heavy atom. The van der Waals surface area contributed by atoms with Crippen LogP contribution in [-0.2, 0) is 22.6 Å². The maximum atomic E-state index is 12.9. The van der Waals surface area contributed by atoms with E-state index < -0.39 is 0 Å². The molecule has 1 aliphatic rings. The zero-order valence-electron chi connectivity index (χ0n) is 13.4. The van der Waals surface area contributed by atoms with Crippen molar-refractivity contribution in [2.24, 2.45) is 0 Å². The minimum absolute atomic E-state index is 0.104. The summed E-state index contributed by atoms with van der Waals surface area (Å²) in [6.07, 6.45) is 6.20. The van der Waals surface area contributed by atoms with Gasteiger partial charge in [-0.25, -0.2) is 0 Å². The minimum atomic E-state index is -0.286. The second kappa shape index (κ2) is 7.70. The van der Waals surface area contributed by atoms with E-state index in [-0.39, 0.29) is 12.0 Å². The van der Waals surface area contributed by atoms with Gasteiger partial charge in [0.2, 0.25) is 0 Å². The first-order chi connectivity index (χ1) is 11.2. The maximum absolute atomic E-state index is 12.9. The van der Waals surface area contributed by atoms with Crippen molar-refractivity contribution in [1.82, 2.24) is 9.88 Å². The fourth-order valence-electron chi connectivity index (χ4n) is 2.82. The van der Waals surface area contributed by atoms with Gasteiger partial charge in [-0.05, 0) is 56.0 Å². The zero-order chi connectivity index (χ0) is 16.1. The number of thiophene rings is 1. The molecule has 23 heavy (non-hydrogen) atoms. The average Bonchev–Trinajstić information content (AvgIpc) is 3.00. The van der Waals surface area contributed by atoms with Gasteiger partial charge in [-0.1, -0.05) is 0 Å². The summed E-state index contributed by atoms with van der Waals surface area (Å²) in [4.78, 5) is 21.3. The van der Waals surface area contributed by atoms with E-state index in [4.69, 9.17) is 4.74 Å². The van der Waals surface area contributed by atoms with Crippen LogP contribution in [0.15, 0.2) is 36.7 Å². The maximum Gasteiger partial charge on any atom is 0.252 e. The molecule has 5 heteroatoms. The number of rotatable bonds is 5. The Morgan fingerprint density at radius 1 is 1.26 bits per heavy atom. The predicted molar refractivity (Wildman–Crippen MR) is 91.1 cm³/mol. The van der Waals surface area contributed by atoms with Crippen LogP contribution in [0.5, 0.6) is 0 Å². The molecule has 2 aromatic rings. The summed E-state index contributed by atoms with van der Waals surface area (Å²) in [6.45, 7) is 4.02. The number of hydrogen-bond donors (Lipinski definition) is 0. The van der Waals surface area contributed by atoms with Crippen LogP contribution in [0.4, 0.5) is 0 Å². The molecule has 0 N–H and O–H groups in total. The molecule has 1 fully saturated rings. The molecule has 0 spiro atoms. The Labute approximate surface area is 141 Å². The number of ether oxygens (including phenoxy) is 1. The summed E-state index contributed by atoms with van der Waals surface area (Å²) in [6, 6.07) is 8.13. The van der Waals surface area contributed by atoms with Crippen LogP contribution in [0.25, 0.3) is 0 Å². The summed E-state index contributed by atoms with van der Waals surface area (Å²) in [5.74, 6) is 0.104. The van der Waals surface area contributed by atoms with Crippen molar-refractivity contribution in [1.29, 1.82) is 0 Å². The van der Waals surface area contributed by atoms with Gasteiger partial charge in [0.25, 0.3) is 5.91 Å². The third-order valence-electron chi connectivity index (χ3n) is 4.03. The van der Waals surface area contributed by atoms with Gasteiger partial charge in [0.1, 0.15) is 6.10 Å². The van der Waals surface area contributed by atoms with E-state index in [1.165, 1.54) is 9.75 Å². The van der Waals surface area contributed by atoms with E-state index >= 15 is 0 Å². The SMILES string of the molecule is Cc1ccc(CN(Cc2ccncc2)C(=O)[C@H]2CCCCO2)s1. The predicted octanol–water partition coefficient (Wildman–Crippen LogP) is 3.55. The van der Waals surface area contributed by atoms with E-state index in [2.05, 4.69) is 24.0 Å². The van der Waals surface area contributed by atoms with Gasteiger partial charge < -0.3 is 9.64 Å². The lowest BCUT2D eigenvalue weighted by Gasteiger charge is -2.29. The molecule has 3 heterocycles. The van der Waals surface area contributed by atoms with Crippen LogP contribution in [0.3, 0.4) is 0 Å². The Morgan fingerprint density at radius 3 is 2.74 bits per heavy atom. The Hall–Kier alpha value is -1.72. The van der Waals surface area contributed by atoms with Crippen molar-refractivity contribution in [3.05, 3.63) is 52.0 Å². The quantitative estimate of drug-likeness (QED) is 0.842. The lowest BCUT2D eigenvalue weighted by Crippen LogP contribution is -2.41. The monoisotopic (exact) mass is 330 g/mol. The van der Waals surface area contributed by atoms with Gasteiger partial charge in [0.15, 0.2) is 0 Å².